The predicted octanol–water partition coefficient (Wildman–Crippen LogP) is 2.92. The average Bonchev–Trinajstić information content (AvgIpc) is 3.31. The number of fused-ring (bicyclic) bond motifs is 1. The van der Waals surface area contributed by atoms with Crippen LogP contribution in [-0.4, -0.2) is 43.4 Å². The van der Waals surface area contributed by atoms with Gasteiger partial charge in [-0.05, 0) is 41.5 Å². The molecule has 0 bridgehead atoms. The van der Waals surface area contributed by atoms with Crippen LogP contribution in [0.4, 0.5) is 0 Å². The molecule has 1 aliphatic rings. The number of rotatable bonds is 6. The molecule has 1 N–H and O–H groups in total. The summed E-state index contributed by atoms with van der Waals surface area (Å²) in [5.74, 6) is 1.80. The van der Waals surface area contributed by atoms with Gasteiger partial charge >= 0.3 is 0 Å². The Balaban J connectivity index is 1.36. The number of carbonyl (C=O) groups is 1. The van der Waals surface area contributed by atoms with Crippen LogP contribution in [0.5, 0.6) is 0 Å². The fourth-order valence-corrected chi connectivity index (χ4v) is 4.06. The lowest BCUT2D eigenvalue weighted by Crippen LogP contribution is -2.25. The van der Waals surface area contributed by atoms with Crippen LogP contribution in [0.3, 0.4) is 0 Å². The lowest BCUT2D eigenvalue weighted by atomic mass is 9.89. The van der Waals surface area contributed by atoms with E-state index in [4.69, 9.17) is 4.42 Å². The molecular formula is C18H22N6O2S. The summed E-state index contributed by atoms with van der Waals surface area (Å²) >= 11 is 1.50. The van der Waals surface area contributed by atoms with Crippen LogP contribution in [0.15, 0.2) is 27.8 Å². The second kappa shape index (κ2) is 8.08. The van der Waals surface area contributed by atoms with Crippen molar-refractivity contribution in [2.75, 3.05) is 12.3 Å². The summed E-state index contributed by atoms with van der Waals surface area (Å²) in [7, 11) is 1.79. The van der Waals surface area contributed by atoms with Crippen LogP contribution in [0.2, 0.25) is 0 Å². The molecule has 2 aromatic heterocycles. The van der Waals surface area contributed by atoms with Crippen LogP contribution in [0.25, 0.3) is 11.1 Å². The first-order valence-electron chi connectivity index (χ1n) is 9.24. The van der Waals surface area contributed by atoms with Crippen LogP contribution in [-0.2, 0) is 7.05 Å². The maximum Gasteiger partial charge on any atom is 0.251 e. The summed E-state index contributed by atoms with van der Waals surface area (Å²) in [4.78, 5) is 17.0. The van der Waals surface area contributed by atoms with Crippen molar-refractivity contribution in [2.45, 2.75) is 43.2 Å². The molecule has 1 aromatic carbocycles. The highest BCUT2D eigenvalue weighted by molar-refractivity contribution is 7.99. The number of nitrogens with zero attached hydrogens (tertiary/aromatic N) is 5. The molecule has 8 nitrogen and oxygen atoms in total. The lowest BCUT2D eigenvalue weighted by Gasteiger charge is -2.17. The van der Waals surface area contributed by atoms with E-state index in [0.29, 0.717) is 29.4 Å². The smallest absolute Gasteiger partial charge is 0.251 e. The van der Waals surface area contributed by atoms with Crippen molar-refractivity contribution < 1.29 is 9.21 Å². The number of hydrogen-bond donors (Lipinski definition) is 1. The van der Waals surface area contributed by atoms with Crippen LogP contribution < -0.4 is 5.32 Å². The second-order valence-electron chi connectivity index (χ2n) is 6.76. The molecule has 1 saturated carbocycles. The van der Waals surface area contributed by atoms with Gasteiger partial charge in [-0.2, -0.15) is 0 Å². The summed E-state index contributed by atoms with van der Waals surface area (Å²) in [6.45, 7) is 0.526. The second-order valence-corrected chi connectivity index (χ2v) is 7.82. The highest BCUT2D eigenvalue weighted by Gasteiger charge is 2.21. The Morgan fingerprint density at radius 2 is 2.19 bits per heavy atom. The number of aryl methyl sites for hydroxylation is 1. The Morgan fingerprint density at radius 1 is 1.33 bits per heavy atom. The molecule has 0 aliphatic heterocycles. The normalized spacial score (nSPS) is 15.3. The van der Waals surface area contributed by atoms with E-state index in [1.165, 1.54) is 31.0 Å². The van der Waals surface area contributed by atoms with E-state index in [1.54, 1.807) is 23.9 Å². The van der Waals surface area contributed by atoms with Crippen molar-refractivity contribution in [1.82, 2.24) is 30.5 Å². The summed E-state index contributed by atoms with van der Waals surface area (Å²) in [5, 5.41) is 14.9. The number of amides is 1. The van der Waals surface area contributed by atoms with Gasteiger partial charge in [-0.1, -0.05) is 31.0 Å². The first-order valence-corrected chi connectivity index (χ1v) is 10.2. The molecule has 1 aliphatic carbocycles. The van der Waals surface area contributed by atoms with Crippen LogP contribution in [0.1, 0.15) is 54.3 Å². The van der Waals surface area contributed by atoms with Gasteiger partial charge in [0.05, 0.1) is 0 Å². The molecule has 2 heterocycles. The van der Waals surface area contributed by atoms with Crippen molar-refractivity contribution in [3.63, 3.8) is 0 Å². The van der Waals surface area contributed by atoms with Crippen molar-refractivity contribution in [3.05, 3.63) is 29.7 Å². The van der Waals surface area contributed by atoms with E-state index in [2.05, 4.69) is 25.8 Å². The topological polar surface area (TPSA) is 98.7 Å². The van der Waals surface area contributed by atoms with Gasteiger partial charge in [-0.3, -0.25) is 4.79 Å². The average molecular weight is 386 g/mol. The Bertz CT molecular complexity index is 931. The molecule has 0 radical (unpaired) electrons. The zero-order valence-corrected chi connectivity index (χ0v) is 16.0. The Labute approximate surface area is 161 Å². The van der Waals surface area contributed by atoms with Crippen molar-refractivity contribution in [2.24, 2.45) is 7.05 Å². The summed E-state index contributed by atoms with van der Waals surface area (Å²) in [5.41, 5.74) is 2.08. The third-order valence-electron chi connectivity index (χ3n) is 4.82. The molecular weight excluding hydrogens is 364 g/mol. The van der Waals surface area contributed by atoms with Gasteiger partial charge in [0.1, 0.15) is 5.52 Å². The van der Waals surface area contributed by atoms with Gasteiger partial charge in [-0.15, -0.1) is 5.10 Å². The minimum Gasteiger partial charge on any atom is -0.440 e. The number of thioether (sulfide) groups is 1. The first kappa shape index (κ1) is 18.0. The minimum atomic E-state index is -0.121. The van der Waals surface area contributed by atoms with Gasteiger partial charge in [0.2, 0.25) is 5.16 Å². The Hall–Kier alpha value is -2.42. The van der Waals surface area contributed by atoms with E-state index in [1.807, 2.05) is 6.07 Å². The standard InChI is InChI=1S/C18H22N6O2S/c1-24-18(21-22-23-24)27-10-9-19-16(25)13-7-8-14-15(11-13)26-17(20-14)12-5-3-2-4-6-12/h7-8,11-12H,2-6,9-10H2,1H3,(H,19,25). The third kappa shape index (κ3) is 4.13. The summed E-state index contributed by atoms with van der Waals surface area (Å²) in [6.07, 6.45) is 6.04. The number of nitrogens with one attached hydrogen (secondary N) is 1. The van der Waals surface area contributed by atoms with Gasteiger partial charge in [0, 0.05) is 30.8 Å². The summed E-state index contributed by atoms with van der Waals surface area (Å²) < 4.78 is 7.57. The van der Waals surface area contributed by atoms with Crippen molar-refractivity contribution in [1.29, 1.82) is 0 Å². The van der Waals surface area contributed by atoms with E-state index in [0.717, 1.165) is 29.4 Å². The molecule has 1 fully saturated rings. The minimum absolute atomic E-state index is 0.121. The molecule has 0 atom stereocenters. The quantitative estimate of drug-likeness (QED) is 0.514. The molecule has 3 aromatic rings. The number of hydrogen-bond acceptors (Lipinski definition) is 7. The molecule has 0 unspecified atom stereocenters. The fourth-order valence-electron chi connectivity index (χ4n) is 3.36. The fraction of sp³-hybridized carbons (Fsp3) is 0.500. The van der Waals surface area contributed by atoms with Gasteiger partial charge < -0.3 is 9.73 Å². The Kier molecular flexibility index (Phi) is 5.38. The predicted molar refractivity (Wildman–Crippen MR) is 102 cm³/mol. The van der Waals surface area contributed by atoms with E-state index < -0.39 is 0 Å². The SMILES string of the molecule is Cn1nnnc1SCCNC(=O)c1ccc2nc(C3CCCCC3)oc2c1. The van der Waals surface area contributed by atoms with E-state index in [-0.39, 0.29) is 5.91 Å². The lowest BCUT2D eigenvalue weighted by molar-refractivity contribution is 0.0956. The van der Waals surface area contributed by atoms with Crippen molar-refractivity contribution in [3.8, 4) is 0 Å². The maximum atomic E-state index is 12.4. The number of tetrazole rings is 1. The van der Waals surface area contributed by atoms with E-state index in [9.17, 15) is 4.79 Å². The van der Waals surface area contributed by atoms with Crippen LogP contribution in [0, 0.1) is 0 Å². The van der Waals surface area contributed by atoms with Gasteiger partial charge in [-0.25, -0.2) is 9.67 Å². The molecule has 142 valence electrons. The maximum absolute atomic E-state index is 12.4. The number of aromatic nitrogens is 5. The molecule has 9 heteroatoms. The first-order chi connectivity index (χ1) is 13.2. The number of oxazole rings is 1. The summed E-state index contributed by atoms with van der Waals surface area (Å²) in [6, 6.07) is 5.44. The van der Waals surface area contributed by atoms with Gasteiger partial charge in [0.25, 0.3) is 5.91 Å². The number of carbonyl (C=O) groups excluding carboxylic acids is 1. The van der Waals surface area contributed by atoms with Crippen molar-refractivity contribution >= 4 is 28.8 Å². The van der Waals surface area contributed by atoms with Gasteiger partial charge in [0.15, 0.2) is 11.5 Å². The Morgan fingerprint density at radius 3 is 2.96 bits per heavy atom. The van der Waals surface area contributed by atoms with Crippen LogP contribution >= 0.6 is 11.8 Å². The zero-order chi connectivity index (χ0) is 18.6. The highest BCUT2D eigenvalue weighted by atomic mass is 32.2. The molecule has 27 heavy (non-hydrogen) atoms. The monoisotopic (exact) mass is 386 g/mol. The number of benzene rings is 1. The highest BCUT2D eigenvalue weighted by Crippen LogP contribution is 2.33. The molecule has 1 amide bonds. The molecule has 4 rings (SSSR count). The largest absolute Gasteiger partial charge is 0.440 e. The molecule has 0 saturated heterocycles. The third-order valence-corrected chi connectivity index (χ3v) is 5.83. The zero-order valence-electron chi connectivity index (χ0n) is 15.2. The molecule has 0 spiro atoms. The van der Waals surface area contributed by atoms with E-state index >= 15 is 0 Å².